The van der Waals surface area contributed by atoms with Crippen molar-refractivity contribution in [3.63, 3.8) is 0 Å². The van der Waals surface area contributed by atoms with Crippen LogP contribution < -0.4 is 10.5 Å². The fourth-order valence-corrected chi connectivity index (χ4v) is 5.46. The van der Waals surface area contributed by atoms with Gasteiger partial charge in [0.05, 0.1) is 29.2 Å². The Morgan fingerprint density at radius 1 is 1.00 bits per heavy atom. The highest BCUT2D eigenvalue weighted by molar-refractivity contribution is 5.83. The Morgan fingerprint density at radius 3 is 2.41 bits per heavy atom. The van der Waals surface area contributed by atoms with Gasteiger partial charge >= 0.3 is 0 Å². The number of aliphatic hydroxyl groups is 2. The molecule has 1 aromatic heterocycles. The van der Waals surface area contributed by atoms with Gasteiger partial charge in [-0.1, -0.05) is 60.7 Å². The fourth-order valence-electron chi connectivity index (χ4n) is 5.46. The molecule has 0 saturated heterocycles. The summed E-state index contributed by atoms with van der Waals surface area (Å²) in [6.07, 6.45) is 1.10. The first-order chi connectivity index (χ1) is 16.4. The van der Waals surface area contributed by atoms with E-state index in [1.165, 1.54) is 0 Å². The number of hydrogen-bond donors (Lipinski definition) is 3. The zero-order chi connectivity index (χ0) is 23.5. The average Bonchev–Trinajstić information content (AvgIpc) is 3.23. The van der Waals surface area contributed by atoms with Crippen LogP contribution in [-0.2, 0) is 18.9 Å². The third-order valence-corrected chi connectivity index (χ3v) is 6.96. The first-order valence-corrected chi connectivity index (χ1v) is 11.5. The number of aromatic nitrogens is 2. The number of aliphatic hydroxyl groups excluding tert-OH is 1. The van der Waals surface area contributed by atoms with Crippen molar-refractivity contribution in [3.8, 4) is 39.7 Å². The number of benzene rings is 3. The molecule has 34 heavy (non-hydrogen) atoms. The summed E-state index contributed by atoms with van der Waals surface area (Å²) in [5, 5.41) is 19.9. The van der Waals surface area contributed by atoms with E-state index in [-0.39, 0.29) is 6.61 Å². The highest BCUT2D eigenvalue weighted by Crippen LogP contribution is 2.47. The highest BCUT2D eigenvalue weighted by Gasteiger charge is 2.49. The monoisotopic (exact) mass is 453 g/mol. The largest absolute Gasteiger partial charge is 0.472 e. The van der Waals surface area contributed by atoms with Gasteiger partial charge in [-0.3, -0.25) is 4.57 Å². The Hall–Kier alpha value is -3.45. The predicted octanol–water partition coefficient (Wildman–Crippen LogP) is 4.43. The second-order valence-corrected chi connectivity index (χ2v) is 9.77. The summed E-state index contributed by atoms with van der Waals surface area (Å²) in [5.41, 5.74) is 12.0. The SMILES string of the molecule is C[C@]1(O)C[C@](N)(c2ccc(-c3nc4n(c3-c3ccccc3)COc3ccc(CO)cc3-4)cc2)C1. The van der Waals surface area contributed by atoms with Gasteiger partial charge in [0, 0.05) is 16.7 Å². The molecule has 0 amide bonds. The van der Waals surface area contributed by atoms with Crippen LogP contribution in [0.15, 0.2) is 72.8 Å². The first-order valence-electron chi connectivity index (χ1n) is 11.5. The fraction of sp³-hybridized carbons (Fsp3) is 0.250. The Bertz CT molecular complexity index is 1370. The Balaban J connectivity index is 1.48. The maximum Gasteiger partial charge on any atom is 0.167 e. The molecule has 4 aromatic rings. The van der Waals surface area contributed by atoms with Crippen LogP contribution in [0.25, 0.3) is 33.9 Å². The van der Waals surface area contributed by atoms with Gasteiger partial charge in [0.25, 0.3) is 0 Å². The van der Waals surface area contributed by atoms with Crippen molar-refractivity contribution in [2.75, 3.05) is 0 Å². The number of imidazole rings is 1. The zero-order valence-electron chi connectivity index (χ0n) is 19.0. The van der Waals surface area contributed by atoms with E-state index in [1.54, 1.807) is 0 Å². The number of nitrogens with two attached hydrogens (primary N) is 1. The molecule has 172 valence electrons. The Morgan fingerprint density at radius 2 is 1.74 bits per heavy atom. The van der Waals surface area contributed by atoms with Crippen molar-refractivity contribution < 1.29 is 14.9 Å². The lowest BCUT2D eigenvalue weighted by Crippen LogP contribution is -2.58. The maximum absolute atomic E-state index is 10.2. The summed E-state index contributed by atoms with van der Waals surface area (Å²) in [6.45, 7) is 2.15. The van der Waals surface area contributed by atoms with Gasteiger partial charge in [0.15, 0.2) is 6.73 Å². The molecular weight excluding hydrogens is 426 g/mol. The first kappa shape index (κ1) is 21.1. The quantitative estimate of drug-likeness (QED) is 0.425. The molecule has 2 aliphatic rings. The molecule has 0 radical (unpaired) electrons. The summed E-state index contributed by atoms with van der Waals surface area (Å²) in [5.74, 6) is 1.58. The van der Waals surface area contributed by atoms with E-state index in [4.69, 9.17) is 15.5 Å². The second kappa shape index (κ2) is 7.53. The summed E-state index contributed by atoms with van der Waals surface area (Å²) < 4.78 is 8.16. The predicted molar refractivity (Wildman–Crippen MR) is 131 cm³/mol. The molecule has 6 rings (SSSR count). The van der Waals surface area contributed by atoms with E-state index in [9.17, 15) is 10.2 Å². The normalized spacial score (nSPS) is 22.9. The van der Waals surface area contributed by atoms with E-state index in [1.807, 2.05) is 55.5 Å². The van der Waals surface area contributed by atoms with Crippen LogP contribution in [0.5, 0.6) is 5.75 Å². The molecule has 4 N–H and O–H groups in total. The molecule has 0 unspecified atom stereocenters. The molecule has 1 aliphatic carbocycles. The number of nitrogens with zero attached hydrogens (tertiary/aromatic N) is 2. The maximum atomic E-state index is 10.2. The minimum absolute atomic E-state index is 0.0401. The molecule has 6 nitrogen and oxygen atoms in total. The van der Waals surface area contributed by atoms with Crippen LogP contribution in [0, 0.1) is 0 Å². The third kappa shape index (κ3) is 3.34. The van der Waals surface area contributed by atoms with Crippen LogP contribution in [0.4, 0.5) is 0 Å². The van der Waals surface area contributed by atoms with Crippen molar-refractivity contribution in [3.05, 3.63) is 83.9 Å². The van der Waals surface area contributed by atoms with Gasteiger partial charge in [-0.25, -0.2) is 4.98 Å². The van der Waals surface area contributed by atoms with Gasteiger partial charge in [-0.15, -0.1) is 0 Å². The van der Waals surface area contributed by atoms with Crippen molar-refractivity contribution in [1.29, 1.82) is 0 Å². The lowest BCUT2D eigenvalue weighted by Gasteiger charge is -2.49. The van der Waals surface area contributed by atoms with Gasteiger partial charge in [-0.05, 0) is 43.0 Å². The Kier molecular flexibility index (Phi) is 4.68. The summed E-state index contributed by atoms with van der Waals surface area (Å²) in [7, 11) is 0. The van der Waals surface area contributed by atoms with Crippen LogP contribution in [0.3, 0.4) is 0 Å². The third-order valence-electron chi connectivity index (χ3n) is 6.96. The summed E-state index contributed by atoms with van der Waals surface area (Å²) in [6, 6.07) is 24.1. The van der Waals surface area contributed by atoms with Crippen molar-refractivity contribution in [2.24, 2.45) is 5.73 Å². The highest BCUT2D eigenvalue weighted by atomic mass is 16.5. The molecular formula is C28H27N3O3. The smallest absolute Gasteiger partial charge is 0.167 e. The summed E-state index contributed by atoms with van der Waals surface area (Å²) in [4.78, 5) is 5.09. The molecule has 6 heteroatoms. The average molecular weight is 454 g/mol. The van der Waals surface area contributed by atoms with Gasteiger partial charge in [-0.2, -0.15) is 0 Å². The van der Waals surface area contributed by atoms with E-state index in [2.05, 4.69) is 28.8 Å². The van der Waals surface area contributed by atoms with E-state index in [0.717, 1.165) is 50.8 Å². The number of rotatable bonds is 4. The van der Waals surface area contributed by atoms with E-state index < -0.39 is 11.1 Å². The topological polar surface area (TPSA) is 93.5 Å². The van der Waals surface area contributed by atoms with E-state index >= 15 is 0 Å². The van der Waals surface area contributed by atoms with Crippen molar-refractivity contribution >= 4 is 0 Å². The zero-order valence-corrected chi connectivity index (χ0v) is 19.0. The van der Waals surface area contributed by atoms with Gasteiger partial charge < -0.3 is 20.7 Å². The molecule has 0 bridgehead atoms. The number of ether oxygens (including phenoxy) is 1. The molecule has 1 fully saturated rings. The van der Waals surface area contributed by atoms with Crippen molar-refractivity contribution in [2.45, 2.75) is 44.2 Å². The molecule has 3 aromatic carbocycles. The molecule has 1 aliphatic heterocycles. The number of fused-ring (bicyclic) bond motifs is 3. The Labute approximate surface area is 198 Å². The van der Waals surface area contributed by atoms with Crippen molar-refractivity contribution in [1.82, 2.24) is 9.55 Å². The lowest BCUT2D eigenvalue weighted by atomic mass is 9.63. The molecule has 0 atom stereocenters. The number of hydrogen-bond acceptors (Lipinski definition) is 5. The standard InChI is InChI=1S/C28H27N3O3/c1-27(33)15-28(29,16-27)21-10-8-19(9-11-21)24-25(20-5-3-2-4-6-20)31-17-34-23-12-7-18(14-32)13-22(23)26(31)30-24/h2-13,32-33H,14-17,29H2,1H3/t27-,28+. The second-order valence-electron chi connectivity index (χ2n) is 9.77. The minimum atomic E-state index is -0.697. The summed E-state index contributed by atoms with van der Waals surface area (Å²) >= 11 is 0. The van der Waals surface area contributed by atoms with Crippen LogP contribution >= 0.6 is 0 Å². The minimum Gasteiger partial charge on any atom is -0.472 e. The molecule has 2 heterocycles. The lowest BCUT2D eigenvalue weighted by molar-refractivity contribution is -0.0738. The van der Waals surface area contributed by atoms with E-state index in [0.29, 0.717) is 19.6 Å². The van der Waals surface area contributed by atoms with Gasteiger partial charge in [0.2, 0.25) is 0 Å². The van der Waals surface area contributed by atoms with Crippen LogP contribution in [-0.4, -0.2) is 25.4 Å². The molecule has 1 saturated carbocycles. The van der Waals surface area contributed by atoms with Crippen LogP contribution in [0.2, 0.25) is 0 Å². The van der Waals surface area contributed by atoms with Gasteiger partial charge in [0.1, 0.15) is 11.6 Å². The van der Waals surface area contributed by atoms with Crippen LogP contribution in [0.1, 0.15) is 30.9 Å². The molecule has 0 spiro atoms.